The summed E-state index contributed by atoms with van der Waals surface area (Å²) < 4.78 is 5.39. The van der Waals surface area contributed by atoms with Crippen molar-refractivity contribution in [1.29, 1.82) is 0 Å². The van der Waals surface area contributed by atoms with Crippen molar-refractivity contribution in [3.05, 3.63) is 59.5 Å². The van der Waals surface area contributed by atoms with E-state index in [0.29, 0.717) is 18.7 Å². The zero-order valence-corrected chi connectivity index (χ0v) is 19.5. The molecule has 1 aromatic heterocycles. The Balaban J connectivity index is 1.29. The lowest BCUT2D eigenvalue weighted by molar-refractivity contribution is -0.136. The highest BCUT2D eigenvalue weighted by Gasteiger charge is 2.38. The number of furan rings is 1. The summed E-state index contributed by atoms with van der Waals surface area (Å²) in [6, 6.07) is 11.1. The van der Waals surface area contributed by atoms with Crippen LogP contribution in [0.2, 0.25) is 0 Å². The molecule has 3 heterocycles. The summed E-state index contributed by atoms with van der Waals surface area (Å²) in [4.78, 5) is 33.3. The van der Waals surface area contributed by atoms with Gasteiger partial charge >= 0.3 is 0 Å². The van der Waals surface area contributed by atoms with Gasteiger partial charge in [-0.25, -0.2) is 0 Å². The summed E-state index contributed by atoms with van der Waals surface area (Å²) in [7, 11) is 0. The van der Waals surface area contributed by atoms with Gasteiger partial charge in [-0.3, -0.25) is 9.59 Å². The van der Waals surface area contributed by atoms with Gasteiger partial charge in [0.25, 0.3) is 5.91 Å². The smallest absolute Gasteiger partial charge is 0.290 e. The zero-order chi connectivity index (χ0) is 22.6. The summed E-state index contributed by atoms with van der Waals surface area (Å²) in [5.41, 5.74) is 2.27. The third kappa shape index (κ3) is 5.01. The Morgan fingerprint density at radius 3 is 2.48 bits per heavy atom. The van der Waals surface area contributed by atoms with Crippen LogP contribution in [0.1, 0.15) is 60.2 Å². The maximum absolute atomic E-state index is 13.8. The van der Waals surface area contributed by atoms with Gasteiger partial charge in [-0.05, 0) is 55.0 Å². The fraction of sp³-hybridized carbons (Fsp3) is 0.556. The molecule has 6 nitrogen and oxygen atoms in total. The number of rotatable bonds is 4. The van der Waals surface area contributed by atoms with Crippen molar-refractivity contribution in [3.63, 3.8) is 0 Å². The molecule has 5 rings (SSSR count). The van der Waals surface area contributed by atoms with Crippen LogP contribution < -0.4 is 0 Å². The van der Waals surface area contributed by atoms with Gasteiger partial charge in [-0.15, -0.1) is 0 Å². The minimum absolute atomic E-state index is 0.0731. The molecular formula is C27H35N3O3. The summed E-state index contributed by atoms with van der Waals surface area (Å²) in [6.07, 6.45) is 9.89. The Morgan fingerprint density at radius 1 is 0.879 bits per heavy atom. The van der Waals surface area contributed by atoms with Crippen LogP contribution >= 0.6 is 0 Å². The molecule has 2 fully saturated rings. The molecule has 1 saturated heterocycles. The molecule has 1 atom stereocenters. The van der Waals surface area contributed by atoms with Crippen molar-refractivity contribution >= 4 is 11.8 Å². The molecule has 1 aliphatic carbocycles. The van der Waals surface area contributed by atoms with Crippen molar-refractivity contribution in [3.8, 4) is 0 Å². The van der Waals surface area contributed by atoms with E-state index in [1.807, 2.05) is 23.1 Å². The standard InChI is InChI=1S/C27H35N3O3/c31-26(29-14-7-13-28(15-16-29)19-21-8-2-1-3-9-21)24-18-22-10-4-5-11-23(22)20-30(24)27(32)25-12-6-17-33-25/h4-6,10-12,17,21,24H,1-3,7-9,13-16,18-20H2. The van der Waals surface area contributed by atoms with Crippen LogP contribution in [0.4, 0.5) is 0 Å². The SMILES string of the molecule is O=C(C1Cc2ccccc2CN1C(=O)c1ccco1)N1CCCN(CC2CCCCC2)CC1. The predicted octanol–water partition coefficient (Wildman–Crippen LogP) is 3.96. The topological polar surface area (TPSA) is 57.0 Å². The van der Waals surface area contributed by atoms with Crippen molar-refractivity contribution in [2.45, 2.75) is 57.5 Å². The number of amides is 2. The molecule has 0 N–H and O–H groups in total. The van der Waals surface area contributed by atoms with Gasteiger partial charge in [0.1, 0.15) is 6.04 Å². The first-order chi connectivity index (χ1) is 16.2. The number of carbonyl (C=O) groups excluding carboxylic acids is 2. The van der Waals surface area contributed by atoms with Gasteiger partial charge in [-0.1, -0.05) is 43.5 Å². The van der Waals surface area contributed by atoms with Crippen LogP contribution in [0, 0.1) is 5.92 Å². The minimum atomic E-state index is -0.484. The molecule has 2 amide bonds. The summed E-state index contributed by atoms with van der Waals surface area (Å²) in [5, 5.41) is 0. The third-order valence-electron chi connectivity index (χ3n) is 7.67. The maximum atomic E-state index is 13.8. The first-order valence-electron chi connectivity index (χ1n) is 12.6. The Hall–Kier alpha value is -2.60. The Labute approximate surface area is 196 Å². The van der Waals surface area contributed by atoms with Crippen LogP contribution in [-0.2, 0) is 17.8 Å². The van der Waals surface area contributed by atoms with Gasteiger partial charge in [0, 0.05) is 39.1 Å². The average molecular weight is 450 g/mol. The van der Waals surface area contributed by atoms with Gasteiger partial charge in [0.05, 0.1) is 6.26 Å². The Kier molecular flexibility index (Phi) is 6.81. The fourth-order valence-corrected chi connectivity index (χ4v) is 5.82. The van der Waals surface area contributed by atoms with Crippen molar-refractivity contribution < 1.29 is 14.0 Å². The normalized spacial score (nSPS) is 22.6. The van der Waals surface area contributed by atoms with Crippen LogP contribution in [0.25, 0.3) is 0 Å². The highest BCUT2D eigenvalue weighted by Crippen LogP contribution is 2.28. The second-order valence-electron chi connectivity index (χ2n) is 9.88. The number of hydrogen-bond acceptors (Lipinski definition) is 4. The molecule has 33 heavy (non-hydrogen) atoms. The largest absolute Gasteiger partial charge is 0.459 e. The van der Waals surface area contributed by atoms with E-state index in [4.69, 9.17) is 4.42 Å². The molecule has 6 heteroatoms. The average Bonchev–Trinajstić information content (AvgIpc) is 3.30. The van der Waals surface area contributed by atoms with E-state index in [2.05, 4.69) is 11.0 Å². The molecule has 2 aliphatic heterocycles. The second-order valence-corrected chi connectivity index (χ2v) is 9.88. The molecule has 0 bridgehead atoms. The van der Waals surface area contributed by atoms with E-state index in [1.54, 1.807) is 17.0 Å². The molecule has 0 spiro atoms. The highest BCUT2D eigenvalue weighted by molar-refractivity contribution is 5.96. The number of carbonyl (C=O) groups is 2. The van der Waals surface area contributed by atoms with Crippen LogP contribution in [-0.4, -0.2) is 65.3 Å². The van der Waals surface area contributed by atoms with E-state index >= 15 is 0 Å². The predicted molar refractivity (Wildman–Crippen MR) is 127 cm³/mol. The molecule has 2 aromatic rings. The zero-order valence-electron chi connectivity index (χ0n) is 19.5. The first kappa shape index (κ1) is 22.2. The van der Waals surface area contributed by atoms with E-state index in [-0.39, 0.29) is 11.8 Å². The van der Waals surface area contributed by atoms with Gasteiger partial charge < -0.3 is 19.1 Å². The van der Waals surface area contributed by atoms with Crippen molar-refractivity contribution in [2.75, 3.05) is 32.7 Å². The molecule has 1 aromatic carbocycles. The summed E-state index contributed by atoms with van der Waals surface area (Å²) >= 11 is 0. The third-order valence-corrected chi connectivity index (χ3v) is 7.67. The molecule has 1 unspecified atom stereocenters. The number of hydrogen-bond donors (Lipinski definition) is 0. The Morgan fingerprint density at radius 2 is 1.70 bits per heavy atom. The lowest BCUT2D eigenvalue weighted by Crippen LogP contribution is -2.54. The fourth-order valence-electron chi connectivity index (χ4n) is 5.82. The monoisotopic (exact) mass is 449 g/mol. The molecular weight excluding hydrogens is 414 g/mol. The molecule has 1 saturated carbocycles. The first-order valence-corrected chi connectivity index (χ1v) is 12.6. The summed E-state index contributed by atoms with van der Waals surface area (Å²) in [6.45, 7) is 5.10. The lowest BCUT2D eigenvalue weighted by atomic mass is 9.89. The van der Waals surface area contributed by atoms with E-state index < -0.39 is 6.04 Å². The van der Waals surface area contributed by atoms with Crippen LogP contribution in [0.3, 0.4) is 0 Å². The van der Waals surface area contributed by atoms with Crippen LogP contribution in [0.5, 0.6) is 0 Å². The maximum Gasteiger partial charge on any atom is 0.290 e. The summed E-state index contributed by atoms with van der Waals surface area (Å²) in [5.74, 6) is 0.976. The van der Waals surface area contributed by atoms with Gasteiger partial charge in [0.15, 0.2) is 5.76 Å². The number of benzene rings is 1. The molecule has 0 radical (unpaired) electrons. The molecule has 3 aliphatic rings. The highest BCUT2D eigenvalue weighted by atomic mass is 16.3. The minimum Gasteiger partial charge on any atom is -0.459 e. The van der Waals surface area contributed by atoms with Crippen molar-refractivity contribution in [2.24, 2.45) is 5.92 Å². The number of fused-ring (bicyclic) bond motifs is 1. The van der Waals surface area contributed by atoms with Gasteiger partial charge in [-0.2, -0.15) is 0 Å². The quantitative estimate of drug-likeness (QED) is 0.709. The van der Waals surface area contributed by atoms with Gasteiger partial charge in [0.2, 0.25) is 5.91 Å². The van der Waals surface area contributed by atoms with E-state index in [9.17, 15) is 9.59 Å². The van der Waals surface area contributed by atoms with E-state index in [0.717, 1.165) is 49.6 Å². The van der Waals surface area contributed by atoms with Crippen LogP contribution in [0.15, 0.2) is 47.1 Å². The number of nitrogens with zero attached hydrogens (tertiary/aromatic N) is 3. The van der Waals surface area contributed by atoms with E-state index in [1.165, 1.54) is 44.9 Å². The van der Waals surface area contributed by atoms with Crippen molar-refractivity contribution in [1.82, 2.24) is 14.7 Å². The second kappa shape index (κ2) is 10.1. The Bertz CT molecular complexity index is 951. The molecule has 176 valence electrons. The lowest BCUT2D eigenvalue weighted by Gasteiger charge is -2.38.